The molecular weight excluding hydrogens is 1170 g/mol. The number of nitriles is 1. The lowest BCUT2D eigenvalue weighted by Gasteiger charge is -2.26. The van der Waals surface area contributed by atoms with Gasteiger partial charge in [0.2, 0.25) is 11.8 Å². The van der Waals surface area contributed by atoms with Crippen LogP contribution in [0.3, 0.4) is 0 Å². The van der Waals surface area contributed by atoms with Crippen LogP contribution in [0.1, 0.15) is 29.7 Å². The topological polar surface area (TPSA) is 301 Å². The molecule has 4 aromatic carbocycles. The molecule has 460 valence electrons. The number of likely N-dealkylation sites (N-methyl/N-ethyl adjacent to an activating group) is 4. The lowest BCUT2D eigenvalue weighted by atomic mass is 10.1. The molecule has 2 aliphatic rings. The highest BCUT2D eigenvalue weighted by atomic mass is 32.2. The van der Waals surface area contributed by atoms with E-state index in [0.29, 0.717) is 63.5 Å². The molecule has 4 heterocycles. The summed E-state index contributed by atoms with van der Waals surface area (Å²) < 4.78 is 95.0. The fourth-order valence-electron chi connectivity index (χ4n) is 8.57. The van der Waals surface area contributed by atoms with Gasteiger partial charge in [0.05, 0.1) is 72.0 Å². The van der Waals surface area contributed by atoms with E-state index in [2.05, 4.69) is 53.5 Å². The number of amides is 2. The third kappa shape index (κ3) is 17.1. The third-order valence-electron chi connectivity index (χ3n) is 12.8. The standard InChI is InChI=1S/2C27H33N7O4S.C2H3N.CH4O3S/c2*1-7-27(35)29-20-16-19(24(38-6)18-23(20)32(4)15-14-31(2)3)17-25-28-13-12-26(30-25)34-22-11-9-8-10-21(22)33(5)39(34,36)37;1-2-3;1-5(2,3)4/h2*7-13,16,18H,1,14-15,17H2,2-6H3,(H,29,35);1H3;1H3,(H,2,3,4). The summed E-state index contributed by atoms with van der Waals surface area (Å²) in [5.74, 6) is 1.75. The first-order valence-electron chi connectivity index (χ1n) is 26.2. The zero-order valence-electron chi connectivity index (χ0n) is 50.1. The van der Waals surface area contributed by atoms with Crippen LogP contribution in [0, 0.1) is 11.3 Å². The van der Waals surface area contributed by atoms with Crippen LogP contribution < -0.4 is 47.1 Å². The van der Waals surface area contributed by atoms with E-state index in [1.54, 1.807) is 81.0 Å². The van der Waals surface area contributed by atoms with Crippen LogP contribution >= 0.6 is 0 Å². The molecule has 0 saturated heterocycles. The Kier molecular flexibility index (Phi) is 23.5. The SMILES string of the molecule is C=CC(=O)Nc1cc(Cc2nccc(N3c4ccccc4N(C)S3(=O)=O)n2)c(OC)cc1N(C)CCN(C)C.C=CC(=O)Nc1cc(Cc2nccc(N3c4ccccc4N(C)S3(=O)=O)n2)c(OC)cc1N(C)CCN(C)C.CC#N.CS(=O)(=O)O. The van der Waals surface area contributed by atoms with Gasteiger partial charge in [-0.15, -0.1) is 0 Å². The Labute approximate surface area is 504 Å². The van der Waals surface area contributed by atoms with E-state index in [9.17, 15) is 34.8 Å². The predicted molar refractivity (Wildman–Crippen MR) is 338 cm³/mol. The molecule has 0 fully saturated rings. The monoisotopic (exact) mass is 1240 g/mol. The van der Waals surface area contributed by atoms with Crippen molar-refractivity contribution in [3.05, 3.63) is 145 Å². The molecule has 0 unspecified atom stereocenters. The minimum atomic E-state index is -3.84. The van der Waals surface area contributed by atoms with Crippen molar-refractivity contribution in [1.29, 1.82) is 5.26 Å². The van der Waals surface area contributed by atoms with Crippen molar-refractivity contribution in [2.24, 2.45) is 0 Å². The summed E-state index contributed by atoms with van der Waals surface area (Å²) in [6.45, 7) is 11.6. The van der Waals surface area contributed by atoms with E-state index < -0.39 is 30.5 Å². The van der Waals surface area contributed by atoms with Crippen LogP contribution in [-0.2, 0) is 53.0 Å². The highest BCUT2D eigenvalue weighted by Crippen LogP contribution is 2.45. The van der Waals surface area contributed by atoms with Crippen molar-refractivity contribution in [3.8, 4) is 17.6 Å². The molecule has 0 radical (unpaired) electrons. The Balaban J connectivity index is 0.000000279. The number of para-hydroxylation sites is 4. The smallest absolute Gasteiger partial charge is 0.331 e. The zero-order chi connectivity index (χ0) is 63.8. The summed E-state index contributed by atoms with van der Waals surface area (Å²) in [6, 6.07) is 26.4. The van der Waals surface area contributed by atoms with Gasteiger partial charge in [0.15, 0.2) is 11.6 Å². The van der Waals surface area contributed by atoms with Gasteiger partial charge >= 0.3 is 20.4 Å². The second-order valence-electron chi connectivity index (χ2n) is 19.6. The number of fused-ring (bicyclic) bond motifs is 2. The van der Waals surface area contributed by atoms with Crippen LogP contribution in [0.4, 0.5) is 57.1 Å². The van der Waals surface area contributed by atoms with E-state index in [1.165, 1.54) is 62.8 Å². The molecule has 0 spiro atoms. The first kappa shape index (κ1) is 67.9. The second kappa shape index (κ2) is 29.7. The van der Waals surface area contributed by atoms with Crippen molar-refractivity contribution >= 4 is 99.5 Å². The Bertz CT molecular complexity index is 3580. The number of carbonyl (C=O) groups excluding carboxylic acids is 2. The maximum absolute atomic E-state index is 13.2. The number of benzene rings is 4. The summed E-state index contributed by atoms with van der Waals surface area (Å²) >= 11 is 0. The Hall–Kier alpha value is -8.92. The number of rotatable bonds is 20. The molecule has 3 N–H and O–H groups in total. The summed E-state index contributed by atoms with van der Waals surface area (Å²) in [5, 5.41) is 13.1. The number of anilines is 10. The van der Waals surface area contributed by atoms with E-state index >= 15 is 0 Å². The Morgan fingerprint density at radius 2 is 0.965 bits per heavy atom. The van der Waals surface area contributed by atoms with Crippen molar-refractivity contribution in [1.82, 2.24) is 29.7 Å². The van der Waals surface area contributed by atoms with Crippen molar-refractivity contribution in [2.45, 2.75) is 19.8 Å². The number of hydrogen-bond acceptors (Lipinski definition) is 19. The summed E-state index contributed by atoms with van der Waals surface area (Å²) in [6.07, 6.45) is 6.68. The first-order chi connectivity index (χ1) is 40.5. The van der Waals surface area contributed by atoms with E-state index in [1.807, 2.05) is 76.4 Å². The number of aromatic nitrogens is 4. The lowest BCUT2D eigenvalue weighted by molar-refractivity contribution is -0.112. The normalized spacial score (nSPS) is 13.3. The number of nitrogens with zero attached hydrogens (tertiary/aromatic N) is 13. The van der Waals surface area contributed by atoms with Gasteiger partial charge in [0.1, 0.15) is 23.1 Å². The Morgan fingerprint density at radius 3 is 1.27 bits per heavy atom. The van der Waals surface area contributed by atoms with Crippen LogP contribution in [-0.4, -0.2) is 174 Å². The lowest BCUT2D eigenvalue weighted by Crippen LogP contribution is -2.33. The van der Waals surface area contributed by atoms with Gasteiger partial charge in [-0.25, -0.2) is 28.5 Å². The van der Waals surface area contributed by atoms with Crippen LogP contribution in [0.2, 0.25) is 0 Å². The molecule has 0 aliphatic carbocycles. The van der Waals surface area contributed by atoms with Gasteiger partial charge in [-0.1, -0.05) is 37.4 Å². The highest BCUT2D eigenvalue weighted by Gasteiger charge is 2.41. The highest BCUT2D eigenvalue weighted by molar-refractivity contribution is 7.95. The van der Waals surface area contributed by atoms with Gasteiger partial charge in [0, 0.05) is 122 Å². The molecule has 26 nitrogen and oxygen atoms in total. The van der Waals surface area contributed by atoms with E-state index in [-0.39, 0.29) is 36.3 Å². The number of nitrogens with one attached hydrogen (secondary N) is 2. The molecule has 86 heavy (non-hydrogen) atoms. The van der Waals surface area contributed by atoms with Gasteiger partial charge in [-0.2, -0.15) is 30.5 Å². The molecule has 8 rings (SSSR count). The van der Waals surface area contributed by atoms with Crippen LogP contribution in [0.15, 0.2) is 123 Å². The number of hydrogen-bond donors (Lipinski definition) is 3. The Morgan fingerprint density at radius 1 is 0.640 bits per heavy atom. The third-order valence-corrected chi connectivity index (χ3v) is 16.3. The maximum atomic E-state index is 13.2. The average molecular weight is 1240 g/mol. The van der Waals surface area contributed by atoms with E-state index in [0.717, 1.165) is 48.7 Å². The molecule has 0 bridgehead atoms. The minimum Gasteiger partial charge on any atom is -0.496 e. The molecule has 0 saturated carbocycles. The van der Waals surface area contributed by atoms with E-state index in [4.69, 9.17) is 19.3 Å². The summed E-state index contributed by atoms with van der Waals surface area (Å²) in [7, 11) is 6.69. The fourth-order valence-corrected chi connectivity index (χ4v) is 11.3. The number of carbonyl (C=O) groups is 2. The fraction of sp³-hybridized carbons (Fsp3) is 0.316. The van der Waals surface area contributed by atoms with Crippen LogP contribution in [0.25, 0.3) is 0 Å². The minimum absolute atomic E-state index is 0.232. The summed E-state index contributed by atoms with van der Waals surface area (Å²) in [4.78, 5) is 50.7. The second-order valence-corrected chi connectivity index (χ2v) is 24.7. The van der Waals surface area contributed by atoms with Crippen molar-refractivity contribution in [3.63, 3.8) is 0 Å². The summed E-state index contributed by atoms with van der Waals surface area (Å²) in [5.41, 5.74) is 6.35. The predicted octanol–water partition coefficient (Wildman–Crippen LogP) is 6.10. The van der Waals surface area contributed by atoms with Gasteiger partial charge in [-0.05, 0) is 76.7 Å². The van der Waals surface area contributed by atoms with Gasteiger partial charge < -0.3 is 39.7 Å². The van der Waals surface area contributed by atoms with Gasteiger partial charge in [-0.3, -0.25) is 22.8 Å². The molecule has 2 amide bonds. The number of methoxy groups -OCH3 is 2. The zero-order valence-corrected chi connectivity index (χ0v) is 52.6. The van der Waals surface area contributed by atoms with Crippen molar-refractivity contribution in [2.75, 3.05) is 141 Å². The quantitative estimate of drug-likeness (QED) is 0.0575. The van der Waals surface area contributed by atoms with Crippen LogP contribution in [0.5, 0.6) is 11.5 Å². The first-order valence-corrected chi connectivity index (χ1v) is 30.8. The molecule has 2 aromatic heterocycles. The molecule has 0 atom stereocenters. The van der Waals surface area contributed by atoms with Gasteiger partial charge in [0.25, 0.3) is 10.1 Å². The van der Waals surface area contributed by atoms with Crippen molar-refractivity contribution < 1.29 is 48.9 Å². The largest absolute Gasteiger partial charge is 0.496 e. The maximum Gasteiger partial charge on any atom is 0.331 e. The average Bonchev–Trinajstić information content (AvgIpc) is 1.69. The number of ether oxygens (including phenoxy) is 2. The molecule has 2 aliphatic heterocycles. The molecule has 6 aromatic rings. The molecule has 29 heteroatoms. The molecular formula is C57H73N15O11S3.